The molecule has 29 heavy (non-hydrogen) atoms. The summed E-state index contributed by atoms with van der Waals surface area (Å²) >= 11 is 0. The summed E-state index contributed by atoms with van der Waals surface area (Å²) in [6, 6.07) is 0.405. The summed E-state index contributed by atoms with van der Waals surface area (Å²) < 4.78 is 0. The third-order valence-electron chi connectivity index (χ3n) is 5.13. The fourth-order valence-electron chi connectivity index (χ4n) is 3.31. The number of unbranched alkanes of at least 4 members (excludes halogenated alkanes) is 6. The molecule has 2 unspecified atom stereocenters. The van der Waals surface area contributed by atoms with Crippen molar-refractivity contribution in [3.05, 3.63) is 24.3 Å². The first kappa shape index (κ1) is 27.4. The standard InChI is InChI=1S/C24H45N3O2/c1-6-9-11-13-15-17-23(28)25-19-21(4)27(8-3)22(5)20-26-24(29)18-16-14-12-10-7-2/h15-18,21-22H,6-14,19-20H2,1-5H3,(H,25,28)(H,26,29)/b17-15+,18-16+. The third kappa shape index (κ3) is 15.0. The van der Waals surface area contributed by atoms with Gasteiger partial charge >= 0.3 is 0 Å². The van der Waals surface area contributed by atoms with E-state index in [0.29, 0.717) is 13.1 Å². The molecule has 0 spiro atoms. The summed E-state index contributed by atoms with van der Waals surface area (Å²) in [7, 11) is 0. The Hall–Kier alpha value is -1.62. The molecule has 0 aliphatic rings. The number of amides is 2. The minimum atomic E-state index is -0.0291. The highest BCUT2D eigenvalue weighted by molar-refractivity contribution is 5.87. The van der Waals surface area contributed by atoms with Gasteiger partial charge in [-0.05, 0) is 58.2 Å². The highest BCUT2D eigenvalue weighted by Crippen LogP contribution is 2.05. The lowest BCUT2D eigenvalue weighted by Gasteiger charge is -2.33. The van der Waals surface area contributed by atoms with E-state index in [9.17, 15) is 9.59 Å². The van der Waals surface area contributed by atoms with Gasteiger partial charge in [-0.2, -0.15) is 0 Å². The van der Waals surface area contributed by atoms with Gasteiger partial charge in [0.2, 0.25) is 11.8 Å². The smallest absolute Gasteiger partial charge is 0.243 e. The van der Waals surface area contributed by atoms with E-state index < -0.39 is 0 Å². The molecule has 2 amide bonds. The zero-order valence-electron chi connectivity index (χ0n) is 19.5. The molecule has 0 saturated carbocycles. The molecular formula is C24H45N3O2. The number of hydrogen-bond acceptors (Lipinski definition) is 3. The van der Waals surface area contributed by atoms with Crippen LogP contribution in [0.3, 0.4) is 0 Å². The molecule has 168 valence electrons. The Morgan fingerprint density at radius 3 is 1.52 bits per heavy atom. The van der Waals surface area contributed by atoms with Gasteiger partial charge in [-0.3, -0.25) is 14.5 Å². The van der Waals surface area contributed by atoms with Crippen LogP contribution in [0.2, 0.25) is 0 Å². The van der Waals surface area contributed by atoms with E-state index in [4.69, 9.17) is 0 Å². The average molecular weight is 408 g/mol. The molecule has 5 nitrogen and oxygen atoms in total. The second-order valence-corrected chi connectivity index (χ2v) is 7.82. The van der Waals surface area contributed by atoms with Gasteiger partial charge in [-0.15, -0.1) is 0 Å². The van der Waals surface area contributed by atoms with E-state index in [2.05, 4.69) is 50.2 Å². The van der Waals surface area contributed by atoms with Crippen LogP contribution in [0, 0.1) is 0 Å². The minimum Gasteiger partial charge on any atom is -0.351 e. The number of hydrogen-bond donors (Lipinski definition) is 2. The van der Waals surface area contributed by atoms with Crippen LogP contribution in [0.15, 0.2) is 24.3 Å². The van der Waals surface area contributed by atoms with E-state index in [-0.39, 0.29) is 23.9 Å². The van der Waals surface area contributed by atoms with Gasteiger partial charge in [0, 0.05) is 25.2 Å². The van der Waals surface area contributed by atoms with Gasteiger partial charge in [0.15, 0.2) is 0 Å². The summed E-state index contributed by atoms with van der Waals surface area (Å²) in [5, 5.41) is 5.97. The van der Waals surface area contributed by atoms with E-state index in [1.807, 2.05) is 12.2 Å². The van der Waals surface area contributed by atoms with Gasteiger partial charge in [-0.1, -0.05) is 58.6 Å². The Morgan fingerprint density at radius 1 is 0.759 bits per heavy atom. The molecule has 0 saturated heterocycles. The lowest BCUT2D eigenvalue weighted by molar-refractivity contribution is -0.117. The van der Waals surface area contributed by atoms with Crippen molar-refractivity contribution in [1.82, 2.24) is 15.5 Å². The molecule has 0 aliphatic heterocycles. The minimum absolute atomic E-state index is 0.0291. The summed E-state index contributed by atoms with van der Waals surface area (Å²) in [5.74, 6) is -0.0582. The van der Waals surface area contributed by atoms with Gasteiger partial charge in [0.05, 0.1) is 0 Å². The van der Waals surface area contributed by atoms with Crippen molar-refractivity contribution < 1.29 is 9.59 Å². The summed E-state index contributed by atoms with van der Waals surface area (Å²) in [5.41, 5.74) is 0. The molecule has 0 aromatic rings. The van der Waals surface area contributed by atoms with Crippen LogP contribution in [0.1, 0.15) is 86.0 Å². The number of nitrogens with one attached hydrogen (secondary N) is 2. The van der Waals surface area contributed by atoms with Crippen LogP contribution in [0.5, 0.6) is 0 Å². The Labute approximate surface area is 179 Å². The Morgan fingerprint density at radius 2 is 1.17 bits per heavy atom. The molecule has 0 rings (SSSR count). The van der Waals surface area contributed by atoms with Crippen molar-refractivity contribution in [2.45, 2.75) is 98.1 Å². The Balaban J connectivity index is 4.22. The molecule has 2 atom stereocenters. The van der Waals surface area contributed by atoms with Crippen molar-refractivity contribution in [3.63, 3.8) is 0 Å². The maximum absolute atomic E-state index is 12.0. The van der Waals surface area contributed by atoms with E-state index >= 15 is 0 Å². The summed E-state index contributed by atoms with van der Waals surface area (Å²) in [4.78, 5) is 26.2. The highest BCUT2D eigenvalue weighted by Gasteiger charge is 2.19. The van der Waals surface area contributed by atoms with Crippen molar-refractivity contribution in [2.75, 3.05) is 19.6 Å². The topological polar surface area (TPSA) is 61.4 Å². The van der Waals surface area contributed by atoms with Crippen LogP contribution in [0.25, 0.3) is 0 Å². The Kier molecular flexibility index (Phi) is 17.4. The quantitative estimate of drug-likeness (QED) is 0.274. The van der Waals surface area contributed by atoms with Gasteiger partial charge in [-0.25, -0.2) is 0 Å². The van der Waals surface area contributed by atoms with Crippen LogP contribution in [-0.4, -0.2) is 48.4 Å². The van der Waals surface area contributed by atoms with E-state index in [0.717, 1.165) is 32.2 Å². The van der Waals surface area contributed by atoms with Crippen LogP contribution in [0.4, 0.5) is 0 Å². The zero-order chi connectivity index (χ0) is 21.9. The lowest BCUT2D eigenvalue weighted by Crippen LogP contribution is -2.49. The fourth-order valence-corrected chi connectivity index (χ4v) is 3.31. The van der Waals surface area contributed by atoms with Crippen molar-refractivity contribution in [1.29, 1.82) is 0 Å². The predicted molar refractivity (Wildman–Crippen MR) is 124 cm³/mol. The first-order chi connectivity index (χ1) is 14.0. The molecule has 0 bridgehead atoms. The Bertz CT molecular complexity index is 447. The fraction of sp³-hybridized carbons (Fsp3) is 0.750. The number of likely N-dealkylation sites (N-methyl/N-ethyl adjacent to an activating group) is 1. The number of carbonyl (C=O) groups is 2. The maximum atomic E-state index is 12.0. The largest absolute Gasteiger partial charge is 0.351 e. The van der Waals surface area contributed by atoms with Gasteiger partial charge in [0.25, 0.3) is 0 Å². The highest BCUT2D eigenvalue weighted by atomic mass is 16.2. The first-order valence-electron chi connectivity index (χ1n) is 11.6. The second-order valence-electron chi connectivity index (χ2n) is 7.82. The number of rotatable bonds is 17. The van der Waals surface area contributed by atoms with Crippen molar-refractivity contribution in [2.24, 2.45) is 0 Å². The molecule has 0 heterocycles. The van der Waals surface area contributed by atoms with Crippen LogP contribution in [-0.2, 0) is 9.59 Å². The van der Waals surface area contributed by atoms with E-state index in [1.54, 1.807) is 12.2 Å². The van der Waals surface area contributed by atoms with Crippen LogP contribution < -0.4 is 10.6 Å². The molecule has 0 fully saturated rings. The third-order valence-corrected chi connectivity index (χ3v) is 5.13. The van der Waals surface area contributed by atoms with E-state index in [1.165, 1.54) is 25.7 Å². The summed E-state index contributed by atoms with van der Waals surface area (Å²) in [6.07, 6.45) is 16.2. The SMILES string of the molecule is CCCCC/C=C/C(=O)NCC(C)N(CC)C(C)CNC(=O)/C=C/CCCCC. The van der Waals surface area contributed by atoms with Crippen molar-refractivity contribution >= 4 is 11.8 Å². The van der Waals surface area contributed by atoms with Crippen LogP contribution >= 0.6 is 0 Å². The van der Waals surface area contributed by atoms with Crippen molar-refractivity contribution in [3.8, 4) is 0 Å². The second kappa shape index (κ2) is 18.4. The molecule has 0 aromatic carbocycles. The van der Waals surface area contributed by atoms with Gasteiger partial charge in [0.1, 0.15) is 0 Å². The average Bonchev–Trinajstić information content (AvgIpc) is 2.71. The predicted octanol–water partition coefficient (Wildman–Crippen LogP) is 4.59. The number of allylic oxidation sites excluding steroid dienone is 2. The monoisotopic (exact) mass is 407 g/mol. The molecule has 0 aliphatic carbocycles. The first-order valence-corrected chi connectivity index (χ1v) is 11.6. The maximum Gasteiger partial charge on any atom is 0.243 e. The normalized spacial score (nSPS) is 13.9. The number of nitrogens with zero attached hydrogens (tertiary/aromatic N) is 1. The molecule has 0 aromatic heterocycles. The zero-order valence-corrected chi connectivity index (χ0v) is 19.5. The number of carbonyl (C=O) groups excluding carboxylic acids is 2. The molecule has 2 N–H and O–H groups in total. The molecular weight excluding hydrogens is 362 g/mol. The summed E-state index contributed by atoms with van der Waals surface area (Å²) in [6.45, 7) is 12.8. The molecule has 0 radical (unpaired) electrons. The van der Waals surface area contributed by atoms with Gasteiger partial charge < -0.3 is 10.6 Å². The lowest BCUT2D eigenvalue weighted by atomic mass is 10.2. The molecule has 5 heteroatoms.